The van der Waals surface area contributed by atoms with Crippen LogP contribution in [0, 0.1) is 0 Å². The van der Waals surface area contributed by atoms with Crippen molar-refractivity contribution in [2.24, 2.45) is 0 Å². The molecule has 18 heavy (non-hydrogen) atoms. The molecule has 0 fully saturated rings. The standard InChI is InChI=1S/C13H25NO4/c1-3-18-13(17)8-6-4-5-7-9-14(10-11-15)12(2)16/h15H,3-11H2,1-2H3. The SMILES string of the molecule is CCOC(=O)CCCCCCN(CCO)C(C)=O. The Morgan fingerprint density at radius 3 is 2.33 bits per heavy atom. The van der Waals surface area contributed by atoms with Gasteiger partial charge in [0.15, 0.2) is 0 Å². The summed E-state index contributed by atoms with van der Waals surface area (Å²) in [5, 5.41) is 8.79. The molecule has 0 heterocycles. The van der Waals surface area contributed by atoms with Crippen LogP contribution in [0.25, 0.3) is 0 Å². The zero-order valence-corrected chi connectivity index (χ0v) is 11.5. The first-order valence-electron chi connectivity index (χ1n) is 6.63. The van der Waals surface area contributed by atoms with E-state index in [1.54, 1.807) is 11.8 Å². The van der Waals surface area contributed by atoms with E-state index >= 15 is 0 Å². The van der Waals surface area contributed by atoms with Crippen LogP contribution in [0.15, 0.2) is 0 Å². The highest BCUT2D eigenvalue weighted by atomic mass is 16.5. The van der Waals surface area contributed by atoms with Crippen LogP contribution >= 0.6 is 0 Å². The van der Waals surface area contributed by atoms with Crippen molar-refractivity contribution < 1.29 is 19.4 Å². The maximum Gasteiger partial charge on any atom is 0.305 e. The Labute approximate surface area is 109 Å². The summed E-state index contributed by atoms with van der Waals surface area (Å²) in [5.41, 5.74) is 0. The lowest BCUT2D eigenvalue weighted by Crippen LogP contribution is -2.32. The molecule has 0 aromatic rings. The van der Waals surface area contributed by atoms with E-state index in [4.69, 9.17) is 9.84 Å². The van der Waals surface area contributed by atoms with E-state index < -0.39 is 0 Å². The molecule has 0 unspecified atom stereocenters. The molecule has 0 saturated heterocycles. The van der Waals surface area contributed by atoms with Gasteiger partial charge in [0.2, 0.25) is 5.91 Å². The van der Waals surface area contributed by atoms with Gasteiger partial charge in [0.05, 0.1) is 13.2 Å². The second-order valence-electron chi connectivity index (χ2n) is 4.20. The summed E-state index contributed by atoms with van der Waals surface area (Å²) in [4.78, 5) is 23.9. The van der Waals surface area contributed by atoms with E-state index in [-0.39, 0.29) is 18.5 Å². The van der Waals surface area contributed by atoms with E-state index in [0.29, 0.717) is 26.1 Å². The predicted molar refractivity (Wildman–Crippen MR) is 69.1 cm³/mol. The fourth-order valence-corrected chi connectivity index (χ4v) is 1.71. The maximum absolute atomic E-state index is 11.2. The third-order valence-electron chi connectivity index (χ3n) is 2.68. The van der Waals surface area contributed by atoms with Crippen molar-refractivity contribution >= 4 is 11.9 Å². The van der Waals surface area contributed by atoms with Crippen LogP contribution in [0.3, 0.4) is 0 Å². The number of hydrogen-bond acceptors (Lipinski definition) is 4. The van der Waals surface area contributed by atoms with E-state index in [2.05, 4.69) is 0 Å². The average molecular weight is 259 g/mol. The Morgan fingerprint density at radius 1 is 1.11 bits per heavy atom. The summed E-state index contributed by atoms with van der Waals surface area (Å²) in [6.45, 7) is 4.83. The van der Waals surface area contributed by atoms with Gasteiger partial charge >= 0.3 is 5.97 Å². The maximum atomic E-state index is 11.2. The van der Waals surface area contributed by atoms with Gasteiger partial charge in [-0.1, -0.05) is 12.8 Å². The number of amides is 1. The highest BCUT2D eigenvalue weighted by Gasteiger charge is 2.07. The molecule has 0 aromatic heterocycles. The molecule has 0 atom stereocenters. The summed E-state index contributed by atoms with van der Waals surface area (Å²) in [6.07, 6.45) is 4.15. The minimum absolute atomic E-state index is 0.00242. The lowest BCUT2D eigenvalue weighted by atomic mass is 10.1. The first kappa shape index (κ1) is 16.9. The van der Waals surface area contributed by atoms with Crippen LogP contribution in [-0.2, 0) is 14.3 Å². The Hall–Kier alpha value is -1.10. The van der Waals surface area contributed by atoms with Gasteiger partial charge in [-0.25, -0.2) is 0 Å². The van der Waals surface area contributed by atoms with E-state index in [1.165, 1.54) is 6.92 Å². The third-order valence-corrected chi connectivity index (χ3v) is 2.68. The van der Waals surface area contributed by atoms with Crippen molar-refractivity contribution in [3.8, 4) is 0 Å². The van der Waals surface area contributed by atoms with Gasteiger partial charge in [-0.2, -0.15) is 0 Å². The van der Waals surface area contributed by atoms with Crippen LogP contribution < -0.4 is 0 Å². The Balaban J connectivity index is 3.48. The summed E-state index contributed by atoms with van der Waals surface area (Å²) in [6, 6.07) is 0. The largest absolute Gasteiger partial charge is 0.466 e. The molecule has 5 nitrogen and oxygen atoms in total. The molecule has 5 heteroatoms. The molecular weight excluding hydrogens is 234 g/mol. The predicted octanol–water partition coefficient (Wildman–Crippen LogP) is 1.34. The molecule has 0 aliphatic carbocycles. The number of carbonyl (C=O) groups excluding carboxylic acids is 2. The van der Waals surface area contributed by atoms with Gasteiger partial charge in [0.25, 0.3) is 0 Å². The smallest absolute Gasteiger partial charge is 0.305 e. The molecule has 0 aliphatic heterocycles. The molecule has 0 rings (SSSR count). The minimum atomic E-state index is -0.136. The van der Waals surface area contributed by atoms with Gasteiger partial charge in [-0.15, -0.1) is 0 Å². The van der Waals surface area contributed by atoms with Crippen molar-refractivity contribution in [1.29, 1.82) is 0 Å². The van der Waals surface area contributed by atoms with Crippen LogP contribution in [0.2, 0.25) is 0 Å². The molecule has 0 bridgehead atoms. The average Bonchev–Trinajstić information content (AvgIpc) is 2.32. The highest BCUT2D eigenvalue weighted by Crippen LogP contribution is 2.05. The summed E-state index contributed by atoms with van der Waals surface area (Å²) in [5.74, 6) is -0.140. The lowest BCUT2D eigenvalue weighted by molar-refractivity contribution is -0.143. The van der Waals surface area contributed by atoms with E-state index in [0.717, 1.165) is 25.7 Å². The zero-order chi connectivity index (χ0) is 13.8. The van der Waals surface area contributed by atoms with E-state index in [9.17, 15) is 9.59 Å². The van der Waals surface area contributed by atoms with Gasteiger partial charge in [0, 0.05) is 26.4 Å². The van der Waals surface area contributed by atoms with Crippen molar-refractivity contribution in [3.63, 3.8) is 0 Å². The number of nitrogens with zero attached hydrogens (tertiary/aromatic N) is 1. The van der Waals surface area contributed by atoms with Crippen molar-refractivity contribution in [1.82, 2.24) is 4.90 Å². The van der Waals surface area contributed by atoms with Crippen molar-refractivity contribution in [2.45, 2.75) is 46.0 Å². The summed E-state index contributed by atoms with van der Waals surface area (Å²) in [7, 11) is 0. The second kappa shape index (κ2) is 11.0. The first-order chi connectivity index (χ1) is 8.61. The molecule has 0 spiro atoms. The zero-order valence-electron chi connectivity index (χ0n) is 11.5. The number of rotatable bonds is 10. The fraction of sp³-hybridized carbons (Fsp3) is 0.846. The molecule has 0 radical (unpaired) electrons. The van der Waals surface area contributed by atoms with Crippen LogP contribution in [0.1, 0.15) is 46.0 Å². The second-order valence-corrected chi connectivity index (χ2v) is 4.20. The molecule has 0 saturated carbocycles. The quantitative estimate of drug-likeness (QED) is 0.475. The summed E-state index contributed by atoms with van der Waals surface area (Å²) < 4.78 is 4.83. The van der Waals surface area contributed by atoms with Gasteiger partial charge in [0.1, 0.15) is 0 Å². The van der Waals surface area contributed by atoms with Crippen molar-refractivity contribution in [3.05, 3.63) is 0 Å². The first-order valence-corrected chi connectivity index (χ1v) is 6.63. The highest BCUT2D eigenvalue weighted by molar-refractivity contribution is 5.73. The molecule has 0 aromatic carbocycles. The Bertz CT molecular complexity index is 243. The number of ether oxygens (including phenoxy) is 1. The Morgan fingerprint density at radius 2 is 1.78 bits per heavy atom. The normalized spacial score (nSPS) is 10.2. The minimum Gasteiger partial charge on any atom is -0.466 e. The summed E-state index contributed by atoms with van der Waals surface area (Å²) >= 11 is 0. The number of carbonyl (C=O) groups is 2. The van der Waals surface area contributed by atoms with Gasteiger partial charge in [-0.05, 0) is 19.8 Å². The van der Waals surface area contributed by atoms with Crippen LogP contribution in [0.5, 0.6) is 0 Å². The fourth-order valence-electron chi connectivity index (χ4n) is 1.71. The molecule has 1 N–H and O–H groups in total. The molecule has 106 valence electrons. The number of hydrogen-bond donors (Lipinski definition) is 1. The van der Waals surface area contributed by atoms with E-state index in [1.807, 2.05) is 0 Å². The van der Waals surface area contributed by atoms with Crippen LogP contribution in [0.4, 0.5) is 0 Å². The molecular formula is C13H25NO4. The topological polar surface area (TPSA) is 66.8 Å². The molecule has 1 amide bonds. The Kier molecular flexibility index (Phi) is 10.3. The third kappa shape index (κ3) is 8.98. The number of aliphatic hydroxyl groups is 1. The number of aliphatic hydroxyl groups excluding tert-OH is 1. The van der Waals surface area contributed by atoms with Crippen LogP contribution in [-0.4, -0.2) is 48.2 Å². The van der Waals surface area contributed by atoms with Gasteiger partial charge in [-0.3, -0.25) is 9.59 Å². The van der Waals surface area contributed by atoms with Crippen molar-refractivity contribution in [2.75, 3.05) is 26.3 Å². The molecule has 0 aliphatic rings. The number of esters is 1. The lowest BCUT2D eigenvalue weighted by Gasteiger charge is -2.19. The monoisotopic (exact) mass is 259 g/mol. The van der Waals surface area contributed by atoms with Gasteiger partial charge < -0.3 is 14.7 Å². The number of unbranched alkanes of at least 4 members (excludes halogenated alkanes) is 3.